The summed E-state index contributed by atoms with van der Waals surface area (Å²) in [5.41, 5.74) is 2.10. The van der Waals surface area contributed by atoms with E-state index >= 15 is 0 Å². The van der Waals surface area contributed by atoms with E-state index in [9.17, 15) is 4.79 Å². The van der Waals surface area contributed by atoms with Crippen LogP contribution in [-0.2, 0) is 24.7 Å². The zero-order valence-corrected chi connectivity index (χ0v) is 10.8. The number of aryl methyl sites for hydroxylation is 2. The van der Waals surface area contributed by atoms with Gasteiger partial charge in [-0.2, -0.15) is 5.10 Å². The van der Waals surface area contributed by atoms with Crippen LogP contribution < -0.4 is 0 Å². The average molecular weight is 222 g/mol. The number of nitrogens with zero attached hydrogens (tertiary/aromatic N) is 2. The van der Waals surface area contributed by atoms with Crippen LogP contribution in [0.2, 0.25) is 0 Å². The molecule has 0 aliphatic heterocycles. The maximum absolute atomic E-state index is 11.7. The first-order valence-electron chi connectivity index (χ1n) is 6.06. The minimum absolute atomic E-state index is 0.319. The zero-order valence-electron chi connectivity index (χ0n) is 10.8. The van der Waals surface area contributed by atoms with E-state index in [1.54, 1.807) is 0 Å². The summed E-state index contributed by atoms with van der Waals surface area (Å²) >= 11 is 0. The summed E-state index contributed by atoms with van der Waals surface area (Å²) in [6, 6.07) is 2.03. The number of carbonyl (C=O) groups excluding carboxylic acids is 1. The van der Waals surface area contributed by atoms with Gasteiger partial charge in [0.15, 0.2) is 0 Å². The van der Waals surface area contributed by atoms with Gasteiger partial charge in [-0.05, 0) is 24.8 Å². The van der Waals surface area contributed by atoms with Crippen molar-refractivity contribution >= 4 is 5.78 Å². The molecule has 0 saturated carbocycles. The van der Waals surface area contributed by atoms with Gasteiger partial charge in [-0.25, -0.2) is 0 Å². The fraction of sp³-hybridized carbons (Fsp3) is 0.692. The van der Waals surface area contributed by atoms with Gasteiger partial charge in [-0.3, -0.25) is 9.48 Å². The van der Waals surface area contributed by atoms with Crippen LogP contribution in [0.15, 0.2) is 6.07 Å². The van der Waals surface area contributed by atoms with Crippen molar-refractivity contribution in [2.45, 2.75) is 46.5 Å². The van der Waals surface area contributed by atoms with E-state index in [2.05, 4.69) is 25.9 Å². The molecule has 0 radical (unpaired) electrons. The smallest absolute Gasteiger partial charge is 0.138 e. The van der Waals surface area contributed by atoms with Crippen molar-refractivity contribution in [1.29, 1.82) is 0 Å². The van der Waals surface area contributed by atoms with Gasteiger partial charge in [0.1, 0.15) is 5.78 Å². The highest BCUT2D eigenvalue weighted by atomic mass is 16.1. The van der Waals surface area contributed by atoms with Gasteiger partial charge in [0, 0.05) is 25.6 Å². The molecule has 1 aromatic heterocycles. The molecule has 3 heteroatoms. The quantitative estimate of drug-likeness (QED) is 0.741. The molecular weight excluding hydrogens is 200 g/mol. The largest absolute Gasteiger partial charge is 0.299 e. The summed E-state index contributed by atoms with van der Waals surface area (Å²) in [4.78, 5) is 11.7. The molecule has 0 fully saturated rings. The maximum atomic E-state index is 11.7. The Balaban J connectivity index is 2.52. The third-order valence-electron chi connectivity index (χ3n) is 2.77. The van der Waals surface area contributed by atoms with Crippen molar-refractivity contribution in [2.24, 2.45) is 13.0 Å². The molecule has 0 spiro atoms. The highest BCUT2D eigenvalue weighted by Gasteiger charge is 2.09. The molecule has 0 unspecified atom stereocenters. The fourth-order valence-corrected chi connectivity index (χ4v) is 1.65. The second kappa shape index (κ2) is 5.83. The molecule has 0 aliphatic rings. The van der Waals surface area contributed by atoms with E-state index in [0.717, 1.165) is 24.2 Å². The number of rotatable bonds is 6. The molecule has 3 nitrogen and oxygen atoms in total. The van der Waals surface area contributed by atoms with Crippen molar-refractivity contribution in [1.82, 2.24) is 9.78 Å². The standard InChI is InChI=1S/C13H22N2O/c1-5-11-8-12(15(4)14-11)9-13(16)7-6-10(2)3/h8,10H,5-7,9H2,1-4H3. The third-order valence-corrected chi connectivity index (χ3v) is 2.77. The van der Waals surface area contributed by atoms with E-state index in [-0.39, 0.29) is 0 Å². The number of ketones is 1. The van der Waals surface area contributed by atoms with Crippen molar-refractivity contribution < 1.29 is 4.79 Å². The number of Topliss-reactive ketones (excluding diaryl/α,β-unsaturated/α-hetero) is 1. The maximum Gasteiger partial charge on any atom is 0.138 e. The molecule has 16 heavy (non-hydrogen) atoms. The Morgan fingerprint density at radius 2 is 2.19 bits per heavy atom. The molecule has 0 saturated heterocycles. The molecule has 0 bridgehead atoms. The minimum atomic E-state index is 0.319. The first kappa shape index (κ1) is 12.9. The van der Waals surface area contributed by atoms with Gasteiger partial charge in [0.05, 0.1) is 5.69 Å². The highest BCUT2D eigenvalue weighted by molar-refractivity contribution is 5.80. The third kappa shape index (κ3) is 3.80. The lowest BCUT2D eigenvalue weighted by Gasteiger charge is -2.04. The monoisotopic (exact) mass is 222 g/mol. The van der Waals surface area contributed by atoms with Crippen LogP contribution >= 0.6 is 0 Å². The van der Waals surface area contributed by atoms with Gasteiger partial charge < -0.3 is 0 Å². The van der Waals surface area contributed by atoms with Crippen LogP contribution in [0, 0.1) is 5.92 Å². The van der Waals surface area contributed by atoms with Crippen LogP contribution in [0.1, 0.15) is 45.0 Å². The number of hydrogen-bond donors (Lipinski definition) is 0. The molecule has 0 atom stereocenters. The van der Waals surface area contributed by atoms with Gasteiger partial charge in [0.2, 0.25) is 0 Å². The molecule has 0 aromatic carbocycles. The normalized spacial score (nSPS) is 11.1. The lowest BCUT2D eigenvalue weighted by molar-refractivity contribution is -0.118. The Bertz CT molecular complexity index is 353. The minimum Gasteiger partial charge on any atom is -0.299 e. The summed E-state index contributed by atoms with van der Waals surface area (Å²) in [5.74, 6) is 0.918. The lowest BCUT2D eigenvalue weighted by atomic mass is 10.0. The molecule has 1 rings (SSSR count). The number of hydrogen-bond acceptors (Lipinski definition) is 2. The van der Waals surface area contributed by atoms with Crippen molar-refractivity contribution in [3.8, 4) is 0 Å². The lowest BCUT2D eigenvalue weighted by Crippen LogP contribution is -2.08. The van der Waals surface area contributed by atoms with Crippen LogP contribution in [0.3, 0.4) is 0 Å². The molecule has 0 amide bonds. The highest BCUT2D eigenvalue weighted by Crippen LogP contribution is 2.09. The molecule has 1 heterocycles. The van der Waals surface area contributed by atoms with Crippen molar-refractivity contribution in [3.63, 3.8) is 0 Å². The van der Waals surface area contributed by atoms with Crippen LogP contribution in [0.4, 0.5) is 0 Å². The second-order valence-electron chi connectivity index (χ2n) is 4.75. The summed E-state index contributed by atoms with van der Waals surface area (Å²) in [6.45, 7) is 6.37. The summed E-state index contributed by atoms with van der Waals surface area (Å²) in [5, 5.41) is 4.34. The van der Waals surface area contributed by atoms with Gasteiger partial charge >= 0.3 is 0 Å². The van der Waals surface area contributed by atoms with E-state index in [0.29, 0.717) is 24.5 Å². The second-order valence-corrected chi connectivity index (χ2v) is 4.75. The Labute approximate surface area is 97.8 Å². The first-order chi connectivity index (χ1) is 7.52. The van der Waals surface area contributed by atoms with E-state index < -0.39 is 0 Å². The first-order valence-corrected chi connectivity index (χ1v) is 6.06. The molecular formula is C13H22N2O. The van der Waals surface area contributed by atoms with Crippen LogP contribution in [0.25, 0.3) is 0 Å². The topological polar surface area (TPSA) is 34.9 Å². The molecule has 1 aromatic rings. The summed E-state index contributed by atoms with van der Waals surface area (Å²) in [7, 11) is 1.91. The SMILES string of the molecule is CCc1cc(CC(=O)CCC(C)C)n(C)n1. The Kier molecular flexibility index (Phi) is 4.71. The predicted octanol–water partition coefficient (Wildman–Crippen LogP) is 2.53. The molecule has 0 N–H and O–H groups in total. The van der Waals surface area contributed by atoms with Gasteiger partial charge in [0.25, 0.3) is 0 Å². The number of carbonyl (C=O) groups is 1. The van der Waals surface area contributed by atoms with Gasteiger partial charge in [-0.1, -0.05) is 20.8 Å². The molecule has 90 valence electrons. The summed E-state index contributed by atoms with van der Waals surface area (Å²) < 4.78 is 1.83. The van der Waals surface area contributed by atoms with E-state index in [1.165, 1.54) is 0 Å². The van der Waals surface area contributed by atoms with E-state index in [1.807, 2.05) is 17.8 Å². The fourth-order valence-electron chi connectivity index (χ4n) is 1.65. The predicted molar refractivity (Wildman–Crippen MR) is 65.4 cm³/mol. The molecule has 0 aliphatic carbocycles. The van der Waals surface area contributed by atoms with Crippen molar-refractivity contribution in [3.05, 3.63) is 17.5 Å². The Morgan fingerprint density at radius 3 is 2.69 bits per heavy atom. The summed E-state index contributed by atoms with van der Waals surface area (Å²) in [6.07, 6.45) is 3.12. The van der Waals surface area contributed by atoms with Crippen LogP contribution in [0.5, 0.6) is 0 Å². The van der Waals surface area contributed by atoms with Gasteiger partial charge in [-0.15, -0.1) is 0 Å². The zero-order chi connectivity index (χ0) is 12.1. The van der Waals surface area contributed by atoms with Crippen molar-refractivity contribution in [2.75, 3.05) is 0 Å². The Hall–Kier alpha value is -1.12. The Morgan fingerprint density at radius 1 is 1.50 bits per heavy atom. The number of aromatic nitrogens is 2. The van der Waals surface area contributed by atoms with E-state index in [4.69, 9.17) is 0 Å². The van der Waals surface area contributed by atoms with Crippen LogP contribution in [-0.4, -0.2) is 15.6 Å². The average Bonchev–Trinajstić information content (AvgIpc) is 2.57.